The molecule has 2 heterocycles. The molecule has 0 aliphatic rings. The number of hydrogen-bond donors (Lipinski definition) is 2. The van der Waals surface area contributed by atoms with Crippen LogP contribution in [0.15, 0.2) is 12.1 Å². The van der Waals surface area contributed by atoms with Crippen molar-refractivity contribution >= 4 is 23.0 Å². The van der Waals surface area contributed by atoms with Gasteiger partial charge in [0.2, 0.25) is 0 Å². The van der Waals surface area contributed by atoms with Crippen LogP contribution in [-0.2, 0) is 12.8 Å². The molecule has 2 aromatic heterocycles. The number of nitrogens with one attached hydrogen (secondary N) is 1. The summed E-state index contributed by atoms with van der Waals surface area (Å²) in [6, 6.07) is 4.66. The maximum Gasteiger partial charge on any atom is 0.134 e. The quantitative estimate of drug-likeness (QED) is 0.886. The highest BCUT2D eigenvalue weighted by Gasteiger charge is 2.11. The van der Waals surface area contributed by atoms with Gasteiger partial charge in [-0.1, -0.05) is 6.92 Å². The van der Waals surface area contributed by atoms with Crippen LogP contribution in [0.2, 0.25) is 0 Å². The number of nitrogen functional groups attached to an aromatic ring is 1. The standard InChI is InChI=1S/C15H22N4S/c1-5-13-18-14(16)11(4)15(19-13)17-9(2)8-12-7-6-10(3)20-12/h6-7,9H,5,8H2,1-4H3,(H3,16,17,18,19). The van der Waals surface area contributed by atoms with Gasteiger partial charge in [-0.05, 0) is 32.9 Å². The summed E-state index contributed by atoms with van der Waals surface area (Å²) < 4.78 is 0. The Balaban J connectivity index is 2.10. The maximum absolute atomic E-state index is 5.94. The molecule has 5 heteroatoms. The lowest BCUT2D eigenvalue weighted by Crippen LogP contribution is -2.20. The van der Waals surface area contributed by atoms with E-state index in [2.05, 4.69) is 41.3 Å². The highest BCUT2D eigenvalue weighted by molar-refractivity contribution is 7.11. The zero-order valence-corrected chi connectivity index (χ0v) is 13.3. The third-order valence-corrected chi connectivity index (χ3v) is 4.26. The fraction of sp³-hybridized carbons (Fsp3) is 0.467. The fourth-order valence-corrected chi connectivity index (χ4v) is 3.08. The zero-order valence-electron chi connectivity index (χ0n) is 12.5. The van der Waals surface area contributed by atoms with E-state index < -0.39 is 0 Å². The molecule has 4 nitrogen and oxygen atoms in total. The second kappa shape index (κ2) is 6.22. The summed E-state index contributed by atoms with van der Waals surface area (Å²) in [6.45, 7) is 8.29. The minimum atomic E-state index is 0.311. The molecule has 0 saturated heterocycles. The summed E-state index contributed by atoms with van der Waals surface area (Å²) in [5.74, 6) is 2.21. The number of thiophene rings is 1. The van der Waals surface area contributed by atoms with Crippen molar-refractivity contribution in [1.82, 2.24) is 9.97 Å². The SMILES string of the molecule is CCc1nc(N)c(C)c(NC(C)Cc2ccc(C)s2)n1. The van der Waals surface area contributed by atoms with Crippen LogP contribution in [0.3, 0.4) is 0 Å². The van der Waals surface area contributed by atoms with Crippen molar-refractivity contribution in [2.75, 3.05) is 11.1 Å². The Bertz CT molecular complexity index is 592. The number of rotatable bonds is 5. The first-order valence-corrected chi connectivity index (χ1v) is 7.76. The highest BCUT2D eigenvalue weighted by atomic mass is 32.1. The van der Waals surface area contributed by atoms with E-state index in [1.807, 2.05) is 25.2 Å². The van der Waals surface area contributed by atoms with Crippen LogP contribution >= 0.6 is 11.3 Å². The van der Waals surface area contributed by atoms with Crippen molar-refractivity contribution < 1.29 is 0 Å². The van der Waals surface area contributed by atoms with Crippen LogP contribution in [0.4, 0.5) is 11.6 Å². The molecule has 0 aromatic carbocycles. The zero-order chi connectivity index (χ0) is 14.7. The van der Waals surface area contributed by atoms with E-state index in [0.717, 1.165) is 30.0 Å². The summed E-state index contributed by atoms with van der Waals surface area (Å²) in [6.07, 6.45) is 1.78. The predicted octanol–water partition coefficient (Wildman–Crippen LogP) is 3.34. The summed E-state index contributed by atoms with van der Waals surface area (Å²) in [5.41, 5.74) is 6.87. The van der Waals surface area contributed by atoms with Gasteiger partial charge in [-0.2, -0.15) is 0 Å². The van der Waals surface area contributed by atoms with Crippen LogP contribution in [0.25, 0.3) is 0 Å². The summed E-state index contributed by atoms with van der Waals surface area (Å²) in [7, 11) is 0. The van der Waals surface area contributed by atoms with E-state index in [0.29, 0.717) is 11.9 Å². The number of aromatic nitrogens is 2. The number of nitrogens with two attached hydrogens (primary N) is 1. The van der Waals surface area contributed by atoms with Gasteiger partial charge in [-0.25, -0.2) is 9.97 Å². The first-order chi connectivity index (χ1) is 9.49. The molecule has 2 rings (SSSR count). The predicted molar refractivity (Wildman–Crippen MR) is 86.4 cm³/mol. The van der Waals surface area contributed by atoms with Crippen molar-refractivity contribution in [3.8, 4) is 0 Å². The average molecular weight is 290 g/mol. The smallest absolute Gasteiger partial charge is 0.134 e. The van der Waals surface area contributed by atoms with Crippen molar-refractivity contribution in [3.63, 3.8) is 0 Å². The number of anilines is 2. The van der Waals surface area contributed by atoms with Gasteiger partial charge < -0.3 is 11.1 Å². The van der Waals surface area contributed by atoms with Gasteiger partial charge in [-0.15, -0.1) is 11.3 Å². The van der Waals surface area contributed by atoms with E-state index in [1.165, 1.54) is 9.75 Å². The molecule has 0 aliphatic carbocycles. The molecule has 0 radical (unpaired) electrons. The molecular weight excluding hydrogens is 268 g/mol. The average Bonchev–Trinajstić information content (AvgIpc) is 2.79. The lowest BCUT2D eigenvalue weighted by Gasteiger charge is -2.17. The van der Waals surface area contributed by atoms with Gasteiger partial charge >= 0.3 is 0 Å². The van der Waals surface area contributed by atoms with Crippen LogP contribution in [0, 0.1) is 13.8 Å². The third kappa shape index (κ3) is 3.48. The molecule has 0 spiro atoms. The van der Waals surface area contributed by atoms with Crippen molar-refractivity contribution in [2.24, 2.45) is 0 Å². The Kier molecular flexibility index (Phi) is 4.60. The molecule has 3 N–H and O–H groups in total. The number of nitrogens with zero attached hydrogens (tertiary/aromatic N) is 2. The van der Waals surface area contributed by atoms with Gasteiger partial charge in [0, 0.05) is 34.2 Å². The summed E-state index contributed by atoms with van der Waals surface area (Å²) in [4.78, 5) is 11.6. The van der Waals surface area contributed by atoms with Gasteiger partial charge in [0.05, 0.1) is 0 Å². The Morgan fingerprint density at radius 2 is 2.05 bits per heavy atom. The molecule has 1 unspecified atom stereocenters. The molecule has 2 aromatic rings. The second-order valence-corrected chi connectivity index (χ2v) is 6.49. The van der Waals surface area contributed by atoms with Crippen LogP contribution < -0.4 is 11.1 Å². The highest BCUT2D eigenvalue weighted by Crippen LogP contribution is 2.21. The van der Waals surface area contributed by atoms with E-state index >= 15 is 0 Å². The molecule has 0 amide bonds. The van der Waals surface area contributed by atoms with E-state index in [4.69, 9.17) is 5.73 Å². The Labute approximate surface area is 124 Å². The summed E-state index contributed by atoms with van der Waals surface area (Å²) in [5, 5.41) is 3.46. The molecule has 20 heavy (non-hydrogen) atoms. The Hall–Kier alpha value is -1.62. The van der Waals surface area contributed by atoms with Crippen molar-refractivity contribution in [1.29, 1.82) is 0 Å². The molecule has 0 aliphatic heterocycles. The van der Waals surface area contributed by atoms with Gasteiger partial charge in [0.15, 0.2) is 0 Å². The topological polar surface area (TPSA) is 63.8 Å². The van der Waals surface area contributed by atoms with Gasteiger partial charge in [0.1, 0.15) is 17.5 Å². The van der Waals surface area contributed by atoms with Crippen LogP contribution in [-0.4, -0.2) is 16.0 Å². The maximum atomic E-state index is 5.94. The Morgan fingerprint density at radius 1 is 1.30 bits per heavy atom. The molecule has 108 valence electrons. The molecule has 1 atom stereocenters. The number of aryl methyl sites for hydroxylation is 2. The molecule has 0 fully saturated rings. The molecular formula is C15H22N4S. The lowest BCUT2D eigenvalue weighted by molar-refractivity contribution is 0.786. The van der Waals surface area contributed by atoms with Crippen molar-refractivity contribution in [3.05, 3.63) is 33.3 Å². The van der Waals surface area contributed by atoms with Crippen LogP contribution in [0.1, 0.15) is 35.0 Å². The Morgan fingerprint density at radius 3 is 2.65 bits per heavy atom. The first-order valence-electron chi connectivity index (χ1n) is 6.94. The van der Waals surface area contributed by atoms with E-state index in [-0.39, 0.29) is 0 Å². The summed E-state index contributed by atoms with van der Waals surface area (Å²) >= 11 is 1.84. The molecule has 0 bridgehead atoms. The van der Waals surface area contributed by atoms with Crippen LogP contribution in [0.5, 0.6) is 0 Å². The lowest BCUT2D eigenvalue weighted by atomic mass is 10.2. The van der Waals surface area contributed by atoms with E-state index in [1.54, 1.807) is 0 Å². The number of hydrogen-bond acceptors (Lipinski definition) is 5. The first kappa shape index (κ1) is 14.8. The molecule has 0 saturated carbocycles. The van der Waals surface area contributed by atoms with Gasteiger partial charge in [-0.3, -0.25) is 0 Å². The van der Waals surface area contributed by atoms with Gasteiger partial charge in [0.25, 0.3) is 0 Å². The normalized spacial score (nSPS) is 12.4. The largest absolute Gasteiger partial charge is 0.383 e. The minimum Gasteiger partial charge on any atom is -0.383 e. The fourth-order valence-electron chi connectivity index (χ4n) is 2.06. The van der Waals surface area contributed by atoms with Crippen molar-refractivity contribution in [2.45, 2.75) is 46.6 Å². The minimum absolute atomic E-state index is 0.311. The van der Waals surface area contributed by atoms with E-state index in [9.17, 15) is 0 Å². The monoisotopic (exact) mass is 290 g/mol. The second-order valence-electron chi connectivity index (χ2n) is 5.11. The third-order valence-electron chi connectivity index (χ3n) is 3.23.